The Bertz CT molecular complexity index is 2290. The van der Waals surface area contributed by atoms with Crippen LogP contribution in [0.4, 0.5) is 10.5 Å². The molecule has 5 aromatic rings. The van der Waals surface area contributed by atoms with Crippen LogP contribution in [0.15, 0.2) is 115 Å². The van der Waals surface area contributed by atoms with Crippen molar-refractivity contribution < 1.29 is 52.6 Å². The Hall–Kier alpha value is -5.95. The number of amides is 1. The van der Waals surface area contributed by atoms with Crippen molar-refractivity contribution in [1.29, 1.82) is 0 Å². The molecule has 5 aromatic carbocycles. The zero-order valence-electron chi connectivity index (χ0n) is 31.3. The molecule has 0 aromatic heterocycles. The van der Waals surface area contributed by atoms with Crippen molar-refractivity contribution in [3.8, 4) is 11.5 Å². The first-order valence-corrected chi connectivity index (χ1v) is 19.0. The maximum atomic E-state index is 14.3. The number of anilines is 1. The summed E-state index contributed by atoms with van der Waals surface area (Å²) in [6, 6.07) is 33.0. The molecule has 0 bridgehead atoms. The van der Waals surface area contributed by atoms with Crippen LogP contribution in [0, 0.1) is 11.8 Å². The molecule has 294 valence electrons. The molecule has 0 spiro atoms. The van der Waals surface area contributed by atoms with Gasteiger partial charge in [0.05, 0.1) is 18.4 Å². The fourth-order valence-corrected chi connectivity index (χ4v) is 7.67. The summed E-state index contributed by atoms with van der Waals surface area (Å²) in [4.78, 5) is 42.1. The quantitative estimate of drug-likeness (QED) is 0.0965. The van der Waals surface area contributed by atoms with E-state index in [-0.39, 0.29) is 6.79 Å². The van der Waals surface area contributed by atoms with Crippen molar-refractivity contribution in [2.75, 3.05) is 25.8 Å². The minimum atomic E-state index is -1.43. The van der Waals surface area contributed by atoms with E-state index in [1.807, 2.05) is 84.9 Å². The molecule has 0 radical (unpaired) electrons. The van der Waals surface area contributed by atoms with E-state index in [0.717, 1.165) is 32.7 Å². The fourth-order valence-electron chi connectivity index (χ4n) is 7.67. The first kappa shape index (κ1) is 37.9. The molecule has 1 saturated heterocycles. The number of nitrogens with one attached hydrogen (secondary N) is 1. The topological polar surface area (TPSA) is 148 Å². The second-order valence-corrected chi connectivity index (χ2v) is 14.4. The van der Waals surface area contributed by atoms with Gasteiger partial charge in [-0.1, -0.05) is 97.1 Å². The molecule has 12 nitrogen and oxygen atoms in total. The van der Waals surface area contributed by atoms with Crippen LogP contribution in [0.5, 0.6) is 11.5 Å². The highest BCUT2D eigenvalue weighted by molar-refractivity contribution is 5.86. The van der Waals surface area contributed by atoms with Gasteiger partial charge in [0.2, 0.25) is 6.79 Å². The number of methoxy groups -OCH3 is 1. The number of ether oxygens (including phenoxy) is 7. The zero-order valence-corrected chi connectivity index (χ0v) is 31.3. The number of benzene rings is 5. The van der Waals surface area contributed by atoms with E-state index in [9.17, 15) is 19.5 Å². The molecule has 8 rings (SSSR count). The van der Waals surface area contributed by atoms with Gasteiger partial charge >= 0.3 is 18.0 Å². The third kappa shape index (κ3) is 8.58. The summed E-state index contributed by atoms with van der Waals surface area (Å²) in [5.41, 5.74) is 2.21. The van der Waals surface area contributed by atoms with Gasteiger partial charge in [0.25, 0.3) is 0 Å². The minimum Gasteiger partial charge on any atom is -0.454 e. The average molecular weight is 774 g/mol. The number of rotatable bonds is 8. The summed E-state index contributed by atoms with van der Waals surface area (Å²) in [6.07, 6.45) is -2.50. The molecule has 1 fully saturated rings. The van der Waals surface area contributed by atoms with Crippen LogP contribution in [0.1, 0.15) is 24.0 Å². The molecule has 0 saturated carbocycles. The minimum absolute atomic E-state index is 0.0510. The van der Waals surface area contributed by atoms with Gasteiger partial charge < -0.3 is 38.3 Å². The normalized spacial score (nSPS) is 25.3. The SMILES string of the molecule is CO[C@H]1O[C@H](CO)[C@@H](OC(=O)Nc2ccc3c(c2)OCO3)[C@@H]2OC(=O)[C@@H](Cc3ccc4ccccc4c3)C/C=C/C[C@H](Cc3ccc4ccccc4c3)C(=O)O[C@@H]12. The van der Waals surface area contributed by atoms with Crippen LogP contribution < -0.4 is 14.8 Å². The van der Waals surface area contributed by atoms with Gasteiger partial charge in [-0.15, -0.1) is 0 Å². The summed E-state index contributed by atoms with van der Waals surface area (Å²) >= 11 is 0. The van der Waals surface area contributed by atoms with E-state index in [4.69, 9.17) is 33.2 Å². The first-order valence-electron chi connectivity index (χ1n) is 19.0. The van der Waals surface area contributed by atoms with E-state index in [1.54, 1.807) is 18.2 Å². The lowest BCUT2D eigenvalue weighted by Gasteiger charge is -2.44. The highest BCUT2D eigenvalue weighted by atomic mass is 16.7. The average Bonchev–Trinajstić information content (AvgIpc) is 3.70. The predicted octanol–water partition coefficient (Wildman–Crippen LogP) is 6.89. The van der Waals surface area contributed by atoms with Crippen LogP contribution in [-0.2, 0) is 46.1 Å². The summed E-state index contributed by atoms with van der Waals surface area (Å²) in [5, 5.41) is 17.4. The smallest absolute Gasteiger partial charge is 0.412 e. The van der Waals surface area contributed by atoms with Gasteiger partial charge in [-0.3, -0.25) is 14.9 Å². The molecule has 3 aliphatic heterocycles. The number of esters is 2. The fraction of sp³-hybridized carbons (Fsp3) is 0.311. The number of carbonyl (C=O) groups is 3. The molecule has 0 unspecified atom stereocenters. The van der Waals surface area contributed by atoms with E-state index >= 15 is 0 Å². The van der Waals surface area contributed by atoms with Crippen LogP contribution >= 0.6 is 0 Å². The number of aliphatic hydroxyl groups is 1. The highest BCUT2D eigenvalue weighted by Crippen LogP contribution is 2.36. The molecule has 7 atom stereocenters. The molecular weight excluding hydrogens is 730 g/mol. The van der Waals surface area contributed by atoms with E-state index in [0.29, 0.717) is 42.9 Å². The van der Waals surface area contributed by atoms with Gasteiger partial charge in [-0.2, -0.15) is 0 Å². The third-order valence-corrected chi connectivity index (χ3v) is 10.6. The van der Waals surface area contributed by atoms with Crippen LogP contribution in [-0.4, -0.2) is 74.4 Å². The van der Waals surface area contributed by atoms with Crippen molar-refractivity contribution >= 4 is 45.3 Å². The van der Waals surface area contributed by atoms with Crippen molar-refractivity contribution in [1.82, 2.24) is 0 Å². The molecule has 3 heterocycles. The van der Waals surface area contributed by atoms with Gasteiger partial charge in [0.15, 0.2) is 36.1 Å². The number of fused-ring (bicyclic) bond motifs is 4. The second kappa shape index (κ2) is 17.0. The van der Waals surface area contributed by atoms with Gasteiger partial charge in [-0.25, -0.2) is 4.79 Å². The summed E-state index contributed by atoms with van der Waals surface area (Å²) in [6.45, 7) is -0.584. The molecule has 2 N–H and O–H groups in total. The number of carbonyl (C=O) groups excluding carboxylic acids is 3. The van der Waals surface area contributed by atoms with Crippen molar-refractivity contribution in [3.05, 3.63) is 126 Å². The summed E-state index contributed by atoms with van der Waals surface area (Å²) in [7, 11) is 1.35. The largest absolute Gasteiger partial charge is 0.454 e. The molecule has 0 aliphatic carbocycles. The number of allylic oxidation sites excluding steroid dienone is 2. The molecule has 3 aliphatic rings. The first-order chi connectivity index (χ1) is 27.8. The zero-order chi connectivity index (χ0) is 39.3. The Morgan fingerprint density at radius 1 is 0.719 bits per heavy atom. The third-order valence-electron chi connectivity index (χ3n) is 10.6. The summed E-state index contributed by atoms with van der Waals surface area (Å²) < 4.78 is 40.9. The Morgan fingerprint density at radius 3 is 1.89 bits per heavy atom. The van der Waals surface area contributed by atoms with E-state index in [2.05, 4.69) is 17.4 Å². The number of aliphatic hydroxyl groups excluding tert-OH is 1. The number of hydrogen-bond acceptors (Lipinski definition) is 11. The Labute approximate surface area is 329 Å². The predicted molar refractivity (Wildman–Crippen MR) is 210 cm³/mol. The van der Waals surface area contributed by atoms with Crippen molar-refractivity contribution in [3.63, 3.8) is 0 Å². The van der Waals surface area contributed by atoms with Gasteiger partial charge in [0.1, 0.15) is 6.10 Å². The maximum absolute atomic E-state index is 14.3. The van der Waals surface area contributed by atoms with Crippen LogP contribution in [0.3, 0.4) is 0 Å². The lowest BCUT2D eigenvalue weighted by Crippen LogP contribution is -2.63. The lowest BCUT2D eigenvalue weighted by molar-refractivity contribution is -0.300. The standard InChI is InChI=1S/C45H43NO11/c1-51-44-41-40(39(38(25-47)54-44)57-45(50)46-35-18-19-36-37(24-35)53-26-52-36)55-42(48)33(22-27-14-16-29-8-2-4-10-31(29)20-27)12-6-7-13-34(43(49)56-41)23-28-15-17-30-9-3-5-11-32(30)21-28/h2-11,14-21,24,33-34,38-41,44,47H,12-13,22-23,25-26H2,1H3,(H,46,50)/b7-6+/t33-,34-,38-,39-,40+,41-,44+/m1/s1. The maximum Gasteiger partial charge on any atom is 0.412 e. The highest BCUT2D eigenvalue weighted by Gasteiger charge is 2.53. The molecule has 57 heavy (non-hydrogen) atoms. The lowest BCUT2D eigenvalue weighted by atomic mass is 9.91. The van der Waals surface area contributed by atoms with Crippen molar-refractivity contribution in [2.24, 2.45) is 11.8 Å². The van der Waals surface area contributed by atoms with Crippen molar-refractivity contribution in [2.45, 2.75) is 56.4 Å². The monoisotopic (exact) mass is 773 g/mol. The molecular formula is C45H43NO11. The summed E-state index contributed by atoms with van der Waals surface area (Å²) in [5.74, 6) is -1.53. The van der Waals surface area contributed by atoms with Gasteiger partial charge in [0, 0.05) is 18.9 Å². The Balaban J connectivity index is 1.12. The second-order valence-electron chi connectivity index (χ2n) is 14.4. The molecule has 1 amide bonds. The van der Waals surface area contributed by atoms with Crippen LogP contribution in [0.2, 0.25) is 0 Å². The van der Waals surface area contributed by atoms with Crippen LogP contribution in [0.25, 0.3) is 21.5 Å². The molecule has 12 heteroatoms. The van der Waals surface area contributed by atoms with E-state index in [1.165, 1.54) is 7.11 Å². The van der Waals surface area contributed by atoms with Gasteiger partial charge in [-0.05, 0) is 70.5 Å². The number of hydrogen-bond donors (Lipinski definition) is 2. The Morgan fingerprint density at radius 2 is 1.30 bits per heavy atom. The van der Waals surface area contributed by atoms with E-state index < -0.39 is 67.2 Å². The Kier molecular flexibility index (Phi) is 11.3.